The fourth-order valence-electron chi connectivity index (χ4n) is 1.69. The van der Waals surface area contributed by atoms with E-state index in [1.165, 1.54) is 0 Å². The minimum atomic E-state index is 0.776. The average molecular weight is 190 g/mol. The lowest BCUT2D eigenvalue weighted by molar-refractivity contribution is 0.977. The van der Waals surface area contributed by atoms with E-state index in [9.17, 15) is 0 Å². The van der Waals surface area contributed by atoms with Crippen LogP contribution in [0.15, 0.2) is 24.4 Å². The van der Waals surface area contributed by atoms with E-state index >= 15 is 0 Å². The molecule has 0 aliphatic rings. The summed E-state index contributed by atoms with van der Waals surface area (Å²) in [5, 5.41) is 4.26. The molecule has 0 saturated heterocycles. The molecule has 1 heterocycles. The minimum Gasteiger partial charge on any atom is -0.397 e. The van der Waals surface area contributed by atoms with Crippen molar-refractivity contribution in [3.05, 3.63) is 24.4 Å². The van der Waals surface area contributed by atoms with E-state index in [-0.39, 0.29) is 0 Å². The van der Waals surface area contributed by atoms with E-state index in [1.807, 2.05) is 43.2 Å². The molecule has 0 fully saturated rings. The highest BCUT2D eigenvalue weighted by atomic mass is 15.4. The van der Waals surface area contributed by atoms with Crippen LogP contribution in [-0.4, -0.2) is 18.8 Å². The Labute approximate surface area is 82.7 Å². The highest BCUT2D eigenvalue weighted by Gasteiger charge is 2.06. The van der Waals surface area contributed by atoms with Gasteiger partial charge in [-0.25, -0.2) is 0 Å². The molecule has 1 aromatic carbocycles. The van der Waals surface area contributed by atoms with Crippen LogP contribution in [0.5, 0.6) is 0 Å². The zero-order chi connectivity index (χ0) is 10.1. The van der Waals surface area contributed by atoms with Gasteiger partial charge in [-0.1, -0.05) is 0 Å². The number of nitrogen functional groups attached to an aromatic ring is 1. The third-order valence-electron chi connectivity index (χ3n) is 2.39. The van der Waals surface area contributed by atoms with Crippen LogP contribution < -0.4 is 16.5 Å². The second-order valence-corrected chi connectivity index (χ2v) is 3.12. The quantitative estimate of drug-likeness (QED) is 0.628. The van der Waals surface area contributed by atoms with Gasteiger partial charge in [-0.05, 0) is 18.2 Å². The monoisotopic (exact) mass is 190 g/mol. The summed E-state index contributed by atoms with van der Waals surface area (Å²) in [5.41, 5.74) is 11.8. The molecule has 74 valence electrons. The van der Waals surface area contributed by atoms with E-state index in [2.05, 4.69) is 10.7 Å². The Morgan fingerprint density at radius 3 is 2.64 bits per heavy atom. The summed E-state index contributed by atoms with van der Waals surface area (Å²) in [7, 11) is 3.77. The maximum atomic E-state index is 5.91. The van der Waals surface area contributed by atoms with E-state index < -0.39 is 0 Å². The number of fused-ring (bicyclic) bond motifs is 1. The molecule has 2 aromatic rings. The second-order valence-electron chi connectivity index (χ2n) is 3.12. The molecule has 0 radical (unpaired) electrons. The van der Waals surface area contributed by atoms with Crippen LogP contribution in [-0.2, 0) is 0 Å². The number of nitrogens with one attached hydrogen (secondary N) is 2. The van der Waals surface area contributed by atoms with Crippen molar-refractivity contribution >= 4 is 22.3 Å². The molecule has 0 spiro atoms. The Balaban J connectivity index is 2.80. The predicted octanol–water partition coefficient (Wildman–Crippen LogP) is 1.44. The third kappa shape index (κ3) is 1.08. The number of anilines is 2. The number of nitrogens with zero attached hydrogens (tertiary/aromatic N) is 1. The van der Waals surface area contributed by atoms with E-state index in [4.69, 9.17) is 5.73 Å². The van der Waals surface area contributed by atoms with Gasteiger partial charge in [-0.2, -0.15) is 0 Å². The maximum Gasteiger partial charge on any atom is 0.0942 e. The Bertz CT molecular complexity index is 458. The average Bonchev–Trinajstić information content (AvgIpc) is 2.63. The molecular formula is C10H14N4. The van der Waals surface area contributed by atoms with E-state index in [0.29, 0.717) is 0 Å². The van der Waals surface area contributed by atoms with Gasteiger partial charge in [0, 0.05) is 31.4 Å². The van der Waals surface area contributed by atoms with Crippen molar-refractivity contribution in [2.24, 2.45) is 0 Å². The second kappa shape index (κ2) is 3.14. The van der Waals surface area contributed by atoms with Gasteiger partial charge in [0.15, 0.2) is 0 Å². The zero-order valence-corrected chi connectivity index (χ0v) is 8.33. The SMILES string of the molecule is CNc1ccc(N)c2c1ccn2NC. The lowest BCUT2D eigenvalue weighted by Gasteiger charge is -2.08. The predicted molar refractivity (Wildman–Crippen MR) is 61.2 cm³/mol. The van der Waals surface area contributed by atoms with E-state index in [1.54, 1.807) is 0 Å². The highest BCUT2D eigenvalue weighted by Crippen LogP contribution is 2.28. The Kier molecular flexibility index (Phi) is 1.96. The first-order valence-electron chi connectivity index (χ1n) is 4.53. The highest BCUT2D eigenvalue weighted by molar-refractivity contribution is 5.99. The van der Waals surface area contributed by atoms with Crippen LogP contribution in [0, 0.1) is 0 Å². The molecule has 0 aliphatic heterocycles. The van der Waals surface area contributed by atoms with Crippen LogP contribution >= 0.6 is 0 Å². The molecule has 2 rings (SSSR count). The van der Waals surface area contributed by atoms with Crippen molar-refractivity contribution < 1.29 is 0 Å². The first kappa shape index (κ1) is 8.74. The smallest absolute Gasteiger partial charge is 0.0942 e. The first-order valence-corrected chi connectivity index (χ1v) is 4.53. The number of hydrogen-bond acceptors (Lipinski definition) is 3. The van der Waals surface area contributed by atoms with Crippen LogP contribution in [0.4, 0.5) is 11.4 Å². The molecule has 0 aliphatic carbocycles. The zero-order valence-electron chi connectivity index (χ0n) is 8.33. The van der Waals surface area contributed by atoms with Crippen molar-refractivity contribution in [1.82, 2.24) is 4.68 Å². The number of aromatic nitrogens is 1. The number of rotatable bonds is 2. The van der Waals surface area contributed by atoms with Crippen LogP contribution in [0.25, 0.3) is 10.9 Å². The number of benzene rings is 1. The van der Waals surface area contributed by atoms with Gasteiger partial charge in [-0.15, -0.1) is 0 Å². The lowest BCUT2D eigenvalue weighted by Crippen LogP contribution is -2.08. The fraction of sp³-hybridized carbons (Fsp3) is 0.200. The topological polar surface area (TPSA) is 55.0 Å². The fourth-order valence-corrected chi connectivity index (χ4v) is 1.69. The summed E-state index contributed by atoms with van der Waals surface area (Å²) < 4.78 is 1.91. The minimum absolute atomic E-state index is 0.776. The largest absolute Gasteiger partial charge is 0.397 e. The standard InChI is InChI=1S/C10H14N4/c1-12-9-4-3-8(11)10-7(9)5-6-14(10)13-2/h3-6,12-13H,11H2,1-2H3. The van der Waals surface area contributed by atoms with Crippen LogP contribution in [0.3, 0.4) is 0 Å². The maximum absolute atomic E-state index is 5.91. The molecule has 0 unspecified atom stereocenters. The molecule has 14 heavy (non-hydrogen) atoms. The number of hydrogen-bond donors (Lipinski definition) is 3. The molecule has 4 nitrogen and oxygen atoms in total. The summed E-state index contributed by atoms with van der Waals surface area (Å²) in [6.45, 7) is 0. The van der Waals surface area contributed by atoms with Crippen LogP contribution in [0.1, 0.15) is 0 Å². The Morgan fingerprint density at radius 1 is 1.21 bits per heavy atom. The molecule has 0 bridgehead atoms. The van der Waals surface area contributed by atoms with Crippen molar-refractivity contribution in [3.8, 4) is 0 Å². The van der Waals surface area contributed by atoms with Gasteiger partial charge in [0.2, 0.25) is 0 Å². The Hall–Kier alpha value is -1.84. The molecule has 0 saturated carbocycles. The summed E-state index contributed by atoms with van der Waals surface area (Å²) >= 11 is 0. The molecular weight excluding hydrogens is 176 g/mol. The van der Waals surface area contributed by atoms with Gasteiger partial charge in [0.05, 0.1) is 11.2 Å². The van der Waals surface area contributed by atoms with Crippen molar-refractivity contribution in [1.29, 1.82) is 0 Å². The van der Waals surface area contributed by atoms with Crippen molar-refractivity contribution in [3.63, 3.8) is 0 Å². The van der Waals surface area contributed by atoms with Gasteiger partial charge in [0.1, 0.15) is 0 Å². The molecule has 0 amide bonds. The van der Waals surface area contributed by atoms with Crippen molar-refractivity contribution in [2.45, 2.75) is 0 Å². The molecule has 4 N–H and O–H groups in total. The van der Waals surface area contributed by atoms with Gasteiger partial charge in [-0.3, -0.25) is 4.68 Å². The molecule has 0 atom stereocenters. The number of nitrogens with two attached hydrogens (primary N) is 1. The lowest BCUT2D eigenvalue weighted by atomic mass is 10.2. The normalized spacial score (nSPS) is 10.4. The first-order chi connectivity index (χ1) is 6.77. The summed E-state index contributed by atoms with van der Waals surface area (Å²) in [6.07, 6.45) is 1.96. The third-order valence-corrected chi connectivity index (χ3v) is 2.39. The molecule has 4 heteroatoms. The van der Waals surface area contributed by atoms with E-state index in [0.717, 1.165) is 22.3 Å². The van der Waals surface area contributed by atoms with Crippen molar-refractivity contribution in [2.75, 3.05) is 30.6 Å². The van der Waals surface area contributed by atoms with Gasteiger partial charge >= 0.3 is 0 Å². The summed E-state index contributed by atoms with van der Waals surface area (Å²) in [6, 6.07) is 5.92. The van der Waals surface area contributed by atoms with Gasteiger partial charge in [0.25, 0.3) is 0 Å². The molecule has 1 aromatic heterocycles. The Morgan fingerprint density at radius 2 is 2.00 bits per heavy atom. The van der Waals surface area contributed by atoms with Gasteiger partial charge < -0.3 is 16.5 Å². The summed E-state index contributed by atoms with van der Waals surface area (Å²) in [5.74, 6) is 0. The summed E-state index contributed by atoms with van der Waals surface area (Å²) in [4.78, 5) is 0. The van der Waals surface area contributed by atoms with Crippen LogP contribution in [0.2, 0.25) is 0 Å².